The van der Waals surface area contributed by atoms with E-state index >= 15 is 0 Å². The molecule has 6 aromatic carbocycles. The fourth-order valence-corrected chi connectivity index (χ4v) is 6.51. The van der Waals surface area contributed by atoms with Crippen LogP contribution in [0.2, 0.25) is 0 Å². The molecule has 0 radical (unpaired) electrons. The van der Waals surface area contributed by atoms with Crippen molar-refractivity contribution in [3.05, 3.63) is 115 Å². The molecule has 0 fully saturated rings. The molecule has 2 N–H and O–H groups in total. The topological polar surface area (TPSA) is 279 Å². The van der Waals surface area contributed by atoms with Crippen molar-refractivity contribution in [2.24, 2.45) is 30.7 Å². The van der Waals surface area contributed by atoms with Gasteiger partial charge in [0.05, 0.1) is 39.7 Å². The molecule has 60 heavy (non-hydrogen) atoms. The Morgan fingerprint density at radius 1 is 0.633 bits per heavy atom. The number of hydrogen-bond donors (Lipinski definition) is 2. The van der Waals surface area contributed by atoms with Crippen LogP contribution in [0.5, 0.6) is 17.2 Å². The minimum atomic E-state index is -4.70. The Kier molecular flexibility index (Phi) is 17.5. The number of phenols is 1. The predicted molar refractivity (Wildman–Crippen MR) is 204 cm³/mol. The third-order valence-electron chi connectivity index (χ3n) is 7.88. The van der Waals surface area contributed by atoms with Crippen molar-refractivity contribution in [2.45, 2.75) is 16.7 Å². The van der Waals surface area contributed by atoms with E-state index in [-0.39, 0.29) is 84.8 Å². The molecule has 0 spiro atoms. The van der Waals surface area contributed by atoms with Crippen molar-refractivity contribution in [2.75, 3.05) is 12.4 Å². The molecule has 0 amide bonds. The SMILES string of the molecule is COc1cc(N=Nc2cccc(S(=O)(=O)[O-])c2)ccc1N=Nc1ccc(N=Nc2c(OS(=O)[O-])cc3ccc(Nc4cccc(S(=O)(=O)[O-])c4)cc3c2O)cc1C.[Li+].[Li+].[Li+]. The Morgan fingerprint density at radius 2 is 1.20 bits per heavy atom. The summed E-state index contributed by atoms with van der Waals surface area (Å²) < 4.78 is 102. The Bertz CT molecular complexity index is 2890. The first kappa shape index (κ1) is 49.7. The second-order valence-electron chi connectivity index (χ2n) is 11.8. The fraction of sp³-hybridized carbons (Fsp3) is 0.0556. The number of anilines is 2. The molecule has 0 aromatic heterocycles. The number of fused-ring (bicyclic) bond motifs is 1. The molecular weight excluding hydrogens is 823 g/mol. The molecule has 0 saturated carbocycles. The number of phenolic OH excluding ortho intramolecular Hbond substituents is 1. The van der Waals surface area contributed by atoms with Crippen molar-refractivity contribution in [1.82, 2.24) is 0 Å². The molecule has 292 valence electrons. The van der Waals surface area contributed by atoms with Gasteiger partial charge in [-0.25, -0.2) is 21.0 Å². The van der Waals surface area contributed by atoms with E-state index in [0.717, 1.165) is 24.3 Å². The van der Waals surface area contributed by atoms with E-state index in [2.05, 4.69) is 36.0 Å². The van der Waals surface area contributed by atoms with Gasteiger partial charge in [-0.1, -0.05) is 18.2 Å². The molecule has 1 unspecified atom stereocenters. The summed E-state index contributed by atoms with van der Waals surface area (Å²) in [6.45, 7) is 1.74. The maximum absolute atomic E-state index is 11.5. The molecular formula is C36H26Li3N7O11S3. The van der Waals surface area contributed by atoms with E-state index in [9.17, 15) is 39.8 Å². The second kappa shape index (κ2) is 21.2. The van der Waals surface area contributed by atoms with Gasteiger partial charge in [-0.3, -0.25) is 0 Å². The minimum absolute atomic E-state index is 0. The number of aromatic hydroxyl groups is 1. The van der Waals surface area contributed by atoms with E-state index in [1.165, 1.54) is 43.5 Å². The Hall–Kier alpha value is -4.70. The molecule has 24 heteroatoms. The molecule has 0 aliphatic heterocycles. The van der Waals surface area contributed by atoms with E-state index in [0.29, 0.717) is 45.1 Å². The number of rotatable bonds is 13. The number of methoxy groups -OCH3 is 1. The zero-order valence-corrected chi connectivity index (χ0v) is 34.8. The molecule has 6 aromatic rings. The van der Waals surface area contributed by atoms with Crippen LogP contribution in [0.3, 0.4) is 0 Å². The van der Waals surface area contributed by atoms with E-state index in [1.54, 1.807) is 55.5 Å². The van der Waals surface area contributed by atoms with Crippen molar-refractivity contribution < 1.29 is 105 Å². The molecule has 0 aliphatic carbocycles. The van der Waals surface area contributed by atoms with Crippen LogP contribution in [0.4, 0.5) is 45.5 Å². The van der Waals surface area contributed by atoms with Crippen molar-refractivity contribution >= 4 is 87.9 Å². The van der Waals surface area contributed by atoms with Gasteiger partial charge in [0, 0.05) is 22.8 Å². The summed E-state index contributed by atoms with van der Waals surface area (Å²) in [5, 5.41) is 39.7. The number of aryl methyl sites for hydroxylation is 1. The van der Waals surface area contributed by atoms with Gasteiger partial charge in [0.1, 0.15) is 43.0 Å². The number of hydrogen-bond acceptors (Lipinski definition) is 18. The first-order valence-corrected chi connectivity index (χ1v) is 19.9. The zero-order chi connectivity index (χ0) is 40.9. The standard InChI is InChI=1S/C36H29N7O11S3.3Li/c1-21-15-26(11-13-31(21)41-42-32-14-12-27(20-33(32)53-2)39-38-25-6-4-8-29(18-25)57(50,51)52)40-43-35-34(54-55(45)46)16-22-9-10-24(19-30(22)36(35)44)37-23-5-3-7-28(17-23)56(47,48)49;;;/h3-20,37,44H,1-2H3,(H,45,46)(H,47,48,49)(H,50,51,52);;;/q;3*+1/p-3. The molecule has 0 heterocycles. The van der Waals surface area contributed by atoms with Crippen molar-refractivity contribution in [1.29, 1.82) is 0 Å². The second-order valence-corrected chi connectivity index (χ2v) is 15.1. The van der Waals surface area contributed by atoms with Gasteiger partial charge in [0.25, 0.3) is 0 Å². The van der Waals surface area contributed by atoms with Crippen molar-refractivity contribution in [3.63, 3.8) is 0 Å². The summed E-state index contributed by atoms with van der Waals surface area (Å²) in [6.07, 6.45) is 0. The first-order chi connectivity index (χ1) is 27.1. The summed E-state index contributed by atoms with van der Waals surface area (Å²) >= 11 is -3.03. The normalized spacial score (nSPS) is 12.2. The number of azo groups is 3. The summed E-state index contributed by atoms with van der Waals surface area (Å²) in [7, 11) is -7.94. The average molecular weight is 850 g/mol. The first-order valence-electron chi connectivity index (χ1n) is 16.1. The molecule has 18 nitrogen and oxygen atoms in total. The van der Waals surface area contributed by atoms with Gasteiger partial charge >= 0.3 is 56.6 Å². The van der Waals surface area contributed by atoms with Gasteiger partial charge in [0.2, 0.25) is 0 Å². The summed E-state index contributed by atoms with van der Waals surface area (Å²) in [5.74, 6) is -0.476. The maximum atomic E-state index is 11.5. The fourth-order valence-electron chi connectivity index (χ4n) is 5.21. The summed E-state index contributed by atoms with van der Waals surface area (Å²) in [6, 6.07) is 25.8. The molecule has 6 rings (SSSR count). The summed E-state index contributed by atoms with van der Waals surface area (Å²) in [5.41, 5.74) is 2.58. The Balaban J connectivity index is 0.00000320. The predicted octanol–water partition coefficient (Wildman–Crippen LogP) is -0.155. The van der Waals surface area contributed by atoms with Crippen LogP contribution >= 0.6 is 0 Å². The van der Waals surface area contributed by atoms with Gasteiger partial charge in [-0.05, 0) is 103 Å². The van der Waals surface area contributed by atoms with Gasteiger partial charge in [0.15, 0.2) is 17.2 Å². The third kappa shape index (κ3) is 12.7. The van der Waals surface area contributed by atoms with Gasteiger partial charge in [-0.2, -0.15) is 20.5 Å². The van der Waals surface area contributed by atoms with Crippen LogP contribution in [0.1, 0.15) is 5.56 Å². The molecule has 1 atom stereocenters. The van der Waals surface area contributed by atoms with Crippen LogP contribution in [-0.2, 0) is 31.6 Å². The van der Waals surface area contributed by atoms with E-state index in [1.807, 2.05) is 0 Å². The largest absolute Gasteiger partial charge is 1.00 e. The minimum Gasteiger partial charge on any atom is -0.744 e. The number of benzene rings is 6. The van der Waals surface area contributed by atoms with Crippen LogP contribution in [-0.4, -0.2) is 46.9 Å². The van der Waals surface area contributed by atoms with Crippen molar-refractivity contribution in [3.8, 4) is 17.2 Å². The molecule has 0 saturated heterocycles. The molecule has 0 aliphatic rings. The Labute approximate surface area is 382 Å². The smallest absolute Gasteiger partial charge is 0.744 e. The number of nitrogens with one attached hydrogen (secondary N) is 1. The summed E-state index contributed by atoms with van der Waals surface area (Å²) in [4.78, 5) is -0.867. The van der Waals surface area contributed by atoms with E-state index < -0.39 is 47.1 Å². The molecule has 0 bridgehead atoms. The number of nitrogens with zero attached hydrogens (tertiary/aromatic N) is 6. The van der Waals surface area contributed by atoms with E-state index in [4.69, 9.17) is 8.92 Å². The zero-order valence-electron chi connectivity index (χ0n) is 32.3. The van der Waals surface area contributed by atoms with Gasteiger partial charge < -0.3 is 33.0 Å². The number of ether oxygens (including phenoxy) is 1. The van der Waals surface area contributed by atoms with Gasteiger partial charge in [-0.15, -0.1) is 10.2 Å². The monoisotopic (exact) mass is 849 g/mol. The van der Waals surface area contributed by atoms with Crippen LogP contribution in [0, 0.1) is 6.92 Å². The van der Waals surface area contributed by atoms with Crippen LogP contribution < -0.4 is 70.8 Å². The Morgan fingerprint density at radius 3 is 1.83 bits per heavy atom. The van der Waals surface area contributed by atoms with Crippen LogP contribution in [0.25, 0.3) is 10.8 Å². The maximum Gasteiger partial charge on any atom is 1.00 e. The third-order valence-corrected chi connectivity index (χ3v) is 9.86. The quantitative estimate of drug-likeness (QED) is 0.0664. The average Bonchev–Trinajstić information content (AvgIpc) is 3.16. The van der Waals surface area contributed by atoms with Crippen LogP contribution in [0.15, 0.2) is 150 Å².